The van der Waals surface area contributed by atoms with Crippen LogP contribution < -0.4 is 5.32 Å². The molecule has 0 aromatic rings. The number of hydrogen-bond donors (Lipinski definition) is 2. The number of hydrogen-bond acceptors (Lipinski definition) is 4. The van der Waals surface area contributed by atoms with Gasteiger partial charge in [0, 0.05) is 19.5 Å². The minimum Gasteiger partial charge on any atom is -0.389 e. The predicted octanol–water partition coefficient (Wildman–Crippen LogP) is -0.117. The first-order valence-corrected chi connectivity index (χ1v) is 5.52. The van der Waals surface area contributed by atoms with Crippen molar-refractivity contribution < 1.29 is 14.7 Å². The van der Waals surface area contributed by atoms with Crippen molar-refractivity contribution in [2.24, 2.45) is 0 Å². The molecule has 2 N–H and O–H groups in total. The van der Waals surface area contributed by atoms with Gasteiger partial charge in [-0.05, 0) is 27.2 Å². The van der Waals surface area contributed by atoms with Crippen molar-refractivity contribution in [3.05, 3.63) is 0 Å². The molecule has 2 atom stereocenters. The van der Waals surface area contributed by atoms with Gasteiger partial charge < -0.3 is 10.4 Å². The molecule has 0 aromatic carbocycles. The molecule has 5 nitrogen and oxygen atoms in total. The lowest BCUT2D eigenvalue weighted by Gasteiger charge is -2.34. The maximum Gasteiger partial charge on any atom is 0.246 e. The molecule has 0 aromatic heterocycles. The summed E-state index contributed by atoms with van der Waals surface area (Å²) in [7, 11) is 1.49. The van der Waals surface area contributed by atoms with Gasteiger partial charge in [0.15, 0.2) is 0 Å². The van der Waals surface area contributed by atoms with Gasteiger partial charge in [-0.3, -0.25) is 14.5 Å². The van der Waals surface area contributed by atoms with Gasteiger partial charge in [0.2, 0.25) is 11.8 Å². The van der Waals surface area contributed by atoms with E-state index in [2.05, 4.69) is 5.32 Å². The molecule has 2 amide bonds. The topological polar surface area (TPSA) is 69.6 Å². The second-order valence-corrected chi connectivity index (χ2v) is 4.92. The third-order valence-corrected chi connectivity index (χ3v) is 3.16. The van der Waals surface area contributed by atoms with Crippen LogP contribution in [0.15, 0.2) is 0 Å². The van der Waals surface area contributed by atoms with E-state index in [1.807, 2.05) is 6.92 Å². The molecule has 1 heterocycles. The maximum absolute atomic E-state index is 11.8. The van der Waals surface area contributed by atoms with Crippen LogP contribution in [-0.2, 0) is 9.59 Å². The fourth-order valence-electron chi connectivity index (χ4n) is 1.58. The van der Waals surface area contributed by atoms with Crippen LogP contribution in [0.1, 0.15) is 33.6 Å². The Labute approximate surface area is 95.8 Å². The van der Waals surface area contributed by atoms with Gasteiger partial charge in [-0.1, -0.05) is 0 Å². The molecule has 1 aliphatic heterocycles. The highest BCUT2D eigenvalue weighted by Crippen LogP contribution is 2.15. The molecular formula is C11H20N2O3. The van der Waals surface area contributed by atoms with Gasteiger partial charge in [0.05, 0.1) is 11.6 Å². The van der Waals surface area contributed by atoms with Gasteiger partial charge in [-0.25, -0.2) is 0 Å². The molecule has 1 saturated heterocycles. The predicted molar refractivity (Wildman–Crippen MR) is 59.7 cm³/mol. The van der Waals surface area contributed by atoms with E-state index in [0.717, 1.165) is 4.90 Å². The third kappa shape index (κ3) is 2.80. The summed E-state index contributed by atoms with van der Waals surface area (Å²) < 4.78 is 0. The number of aliphatic hydroxyl groups is 1. The van der Waals surface area contributed by atoms with Crippen molar-refractivity contribution >= 4 is 11.8 Å². The van der Waals surface area contributed by atoms with Gasteiger partial charge in [0.25, 0.3) is 0 Å². The number of carbonyl (C=O) groups is 2. The zero-order valence-corrected chi connectivity index (χ0v) is 10.3. The Hall–Kier alpha value is -0.940. The molecular weight excluding hydrogens is 208 g/mol. The molecule has 0 spiro atoms. The van der Waals surface area contributed by atoms with Crippen molar-refractivity contribution in [2.45, 2.75) is 51.3 Å². The second-order valence-electron chi connectivity index (χ2n) is 4.92. The Morgan fingerprint density at radius 2 is 2.06 bits per heavy atom. The van der Waals surface area contributed by atoms with E-state index < -0.39 is 5.60 Å². The summed E-state index contributed by atoms with van der Waals surface area (Å²) in [4.78, 5) is 24.2. The van der Waals surface area contributed by atoms with Gasteiger partial charge in [0.1, 0.15) is 0 Å². The second kappa shape index (κ2) is 4.51. The summed E-state index contributed by atoms with van der Waals surface area (Å²) in [5.41, 5.74) is -0.889. The first-order valence-electron chi connectivity index (χ1n) is 5.52. The van der Waals surface area contributed by atoms with Crippen LogP contribution in [0.4, 0.5) is 0 Å². The number of carbonyl (C=O) groups excluding carboxylic acids is 2. The molecule has 5 heteroatoms. The molecule has 2 unspecified atom stereocenters. The summed E-state index contributed by atoms with van der Waals surface area (Å²) in [6, 6.07) is -0.577. The van der Waals surface area contributed by atoms with E-state index in [9.17, 15) is 14.7 Å². The summed E-state index contributed by atoms with van der Waals surface area (Å²) in [5.74, 6) is -0.355. The van der Waals surface area contributed by atoms with Crippen molar-refractivity contribution in [2.75, 3.05) is 7.05 Å². The van der Waals surface area contributed by atoms with E-state index in [0.29, 0.717) is 12.8 Å². The van der Waals surface area contributed by atoms with Crippen LogP contribution in [0, 0.1) is 0 Å². The molecule has 0 bridgehead atoms. The van der Waals surface area contributed by atoms with Crippen molar-refractivity contribution in [3.63, 3.8) is 0 Å². The lowest BCUT2D eigenvalue weighted by Crippen LogP contribution is -2.57. The fourth-order valence-corrected chi connectivity index (χ4v) is 1.58. The minimum absolute atomic E-state index is 0.140. The Bertz CT molecular complexity index is 296. The van der Waals surface area contributed by atoms with Crippen LogP contribution >= 0.6 is 0 Å². The van der Waals surface area contributed by atoms with E-state index >= 15 is 0 Å². The lowest BCUT2D eigenvalue weighted by molar-refractivity contribution is -0.148. The zero-order valence-electron chi connectivity index (χ0n) is 10.3. The number of nitrogens with zero attached hydrogens (tertiary/aromatic N) is 1. The highest BCUT2D eigenvalue weighted by atomic mass is 16.3. The summed E-state index contributed by atoms with van der Waals surface area (Å²) in [5, 5.41) is 12.8. The molecule has 0 radical (unpaired) electrons. The molecule has 1 rings (SSSR count). The number of likely N-dealkylation sites (N-methyl/N-ethyl adjacent to an activating group) is 1. The average molecular weight is 228 g/mol. The molecule has 0 saturated carbocycles. The Morgan fingerprint density at radius 1 is 1.50 bits per heavy atom. The maximum atomic E-state index is 11.8. The number of piperidine rings is 1. The highest BCUT2D eigenvalue weighted by Gasteiger charge is 2.34. The summed E-state index contributed by atoms with van der Waals surface area (Å²) >= 11 is 0. The van der Waals surface area contributed by atoms with Crippen molar-refractivity contribution in [3.8, 4) is 0 Å². The van der Waals surface area contributed by atoms with Crippen LogP contribution in [0.5, 0.6) is 0 Å². The minimum atomic E-state index is -0.889. The van der Waals surface area contributed by atoms with Crippen LogP contribution in [0.2, 0.25) is 0 Å². The zero-order chi connectivity index (χ0) is 12.5. The standard InChI is InChI=1S/C11H20N2O3/c1-7(11(2,3)16)12-8-5-6-9(14)13(4)10(8)15/h7-8,12,16H,5-6H2,1-4H3. The fraction of sp³-hybridized carbons (Fsp3) is 0.818. The van der Waals surface area contributed by atoms with Gasteiger partial charge >= 0.3 is 0 Å². The number of likely N-dealkylation sites (tertiary alicyclic amines) is 1. The molecule has 92 valence electrons. The third-order valence-electron chi connectivity index (χ3n) is 3.16. The first-order chi connectivity index (χ1) is 7.23. The lowest BCUT2D eigenvalue weighted by atomic mass is 9.97. The van der Waals surface area contributed by atoms with Crippen LogP contribution in [0.25, 0.3) is 0 Å². The first kappa shape index (κ1) is 13.1. The Morgan fingerprint density at radius 3 is 2.56 bits per heavy atom. The monoisotopic (exact) mass is 228 g/mol. The largest absolute Gasteiger partial charge is 0.389 e. The van der Waals surface area contributed by atoms with E-state index in [1.54, 1.807) is 13.8 Å². The molecule has 0 aliphatic carbocycles. The number of amides is 2. The quantitative estimate of drug-likeness (QED) is 0.661. The smallest absolute Gasteiger partial charge is 0.246 e. The van der Waals surface area contributed by atoms with Gasteiger partial charge in [-0.15, -0.1) is 0 Å². The number of rotatable bonds is 3. The molecule has 1 fully saturated rings. The van der Waals surface area contributed by atoms with E-state index in [-0.39, 0.29) is 23.9 Å². The van der Waals surface area contributed by atoms with E-state index in [4.69, 9.17) is 0 Å². The SMILES string of the molecule is CC(NC1CCC(=O)N(C)C1=O)C(C)(C)O. The Balaban J connectivity index is 2.62. The van der Waals surface area contributed by atoms with Crippen molar-refractivity contribution in [1.29, 1.82) is 0 Å². The van der Waals surface area contributed by atoms with E-state index in [1.165, 1.54) is 7.05 Å². The molecule has 1 aliphatic rings. The Kier molecular flexibility index (Phi) is 3.70. The molecule has 16 heavy (non-hydrogen) atoms. The average Bonchev–Trinajstić information content (AvgIpc) is 2.17. The summed E-state index contributed by atoms with van der Waals surface area (Å²) in [6.45, 7) is 5.20. The number of nitrogens with one attached hydrogen (secondary N) is 1. The normalized spacial score (nSPS) is 24.8. The van der Waals surface area contributed by atoms with Crippen molar-refractivity contribution in [1.82, 2.24) is 10.2 Å². The van der Waals surface area contributed by atoms with Crippen LogP contribution in [-0.4, -0.2) is 46.6 Å². The van der Waals surface area contributed by atoms with Crippen LogP contribution in [0.3, 0.4) is 0 Å². The summed E-state index contributed by atoms with van der Waals surface area (Å²) in [6.07, 6.45) is 0.876. The number of imide groups is 1. The van der Waals surface area contributed by atoms with Gasteiger partial charge in [-0.2, -0.15) is 0 Å². The highest BCUT2D eigenvalue weighted by molar-refractivity contribution is 6.00.